The Hall–Kier alpha value is 0.0569. The summed E-state index contributed by atoms with van der Waals surface area (Å²) in [6.45, 7) is 9.47. The van der Waals surface area contributed by atoms with Crippen molar-refractivity contribution >= 4 is 8.56 Å². The summed E-state index contributed by atoms with van der Waals surface area (Å²) in [4.78, 5) is 0. The van der Waals surface area contributed by atoms with Gasteiger partial charge in [0.2, 0.25) is 0 Å². The van der Waals surface area contributed by atoms with Gasteiger partial charge < -0.3 is 20.3 Å². The summed E-state index contributed by atoms with van der Waals surface area (Å²) < 4.78 is 11.1. The maximum absolute atomic E-state index is 5.79. The van der Waals surface area contributed by atoms with Crippen molar-refractivity contribution in [2.24, 2.45) is 11.5 Å². The van der Waals surface area contributed by atoms with Crippen LogP contribution in [-0.2, 0) is 8.85 Å². The Morgan fingerprint density at radius 3 is 2.15 bits per heavy atom. The van der Waals surface area contributed by atoms with E-state index < -0.39 is 8.56 Å². The topological polar surface area (TPSA) is 70.5 Å². The van der Waals surface area contributed by atoms with Crippen molar-refractivity contribution in [2.75, 3.05) is 19.8 Å². The zero-order valence-corrected chi connectivity index (χ0v) is 10.1. The fourth-order valence-corrected chi connectivity index (χ4v) is 2.12. The number of hydrogen-bond donors (Lipinski definition) is 2. The molecule has 0 rings (SSSR count). The first-order valence-electron chi connectivity index (χ1n) is 4.54. The molecule has 0 heterocycles. The van der Waals surface area contributed by atoms with Crippen molar-refractivity contribution in [2.45, 2.75) is 32.5 Å². The van der Waals surface area contributed by atoms with Gasteiger partial charge >= 0.3 is 8.56 Å². The molecule has 0 bridgehead atoms. The first kappa shape index (κ1) is 13.1. The average molecular weight is 206 g/mol. The quantitative estimate of drug-likeness (QED) is 0.618. The van der Waals surface area contributed by atoms with Crippen LogP contribution in [0.25, 0.3) is 0 Å². The lowest BCUT2D eigenvalue weighted by molar-refractivity contribution is 0.154. The molecule has 0 aliphatic rings. The van der Waals surface area contributed by atoms with E-state index in [9.17, 15) is 0 Å². The van der Waals surface area contributed by atoms with E-state index in [1.807, 2.05) is 26.9 Å². The summed E-state index contributed by atoms with van der Waals surface area (Å²) in [6, 6.07) is 0. The van der Waals surface area contributed by atoms with E-state index in [1.165, 1.54) is 0 Å². The number of hydrogen-bond acceptors (Lipinski definition) is 4. The second kappa shape index (κ2) is 5.07. The minimum atomic E-state index is -1.99. The highest BCUT2D eigenvalue weighted by Crippen LogP contribution is 2.09. The van der Waals surface area contributed by atoms with Crippen molar-refractivity contribution in [3.63, 3.8) is 0 Å². The monoisotopic (exact) mass is 206 g/mol. The summed E-state index contributed by atoms with van der Waals surface area (Å²) in [5.74, 6) is 0. The Kier molecular flexibility index (Phi) is 5.09. The van der Waals surface area contributed by atoms with Crippen LogP contribution in [-0.4, -0.2) is 33.9 Å². The lowest BCUT2D eigenvalue weighted by Crippen LogP contribution is -2.45. The molecule has 0 saturated heterocycles. The molecular formula is C8H22N2O2Si. The minimum Gasteiger partial charge on any atom is -0.393 e. The van der Waals surface area contributed by atoms with Crippen molar-refractivity contribution in [1.82, 2.24) is 0 Å². The van der Waals surface area contributed by atoms with Gasteiger partial charge in [-0.25, -0.2) is 0 Å². The Bertz CT molecular complexity index is 146. The Morgan fingerprint density at radius 2 is 1.77 bits per heavy atom. The van der Waals surface area contributed by atoms with Crippen LogP contribution >= 0.6 is 0 Å². The first-order chi connectivity index (χ1) is 5.77. The molecule has 0 aromatic heterocycles. The standard InChI is InChI=1S/C8H22N2O2Si/c1-8(2,10)7-12-13(3,4)11-6-5-9/h5-7,9-10H2,1-4H3. The second-order valence-corrected chi connectivity index (χ2v) is 7.69. The van der Waals surface area contributed by atoms with Gasteiger partial charge in [-0.3, -0.25) is 0 Å². The Morgan fingerprint density at radius 1 is 1.23 bits per heavy atom. The van der Waals surface area contributed by atoms with Gasteiger partial charge in [0.05, 0.1) is 6.61 Å². The Balaban J connectivity index is 3.75. The third-order valence-corrected chi connectivity index (χ3v) is 3.10. The summed E-state index contributed by atoms with van der Waals surface area (Å²) in [7, 11) is -1.99. The van der Waals surface area contributed by atoms with E-state index in [1.54, 1.807) is 0 Å². The smallest absolute Gasteiger partial charge is 0.331 e. The van der Waals surface area contributed by atoms with E-state index in [4.69, 9.17) is 20.3 Å². The van der Waals surface area contributed by atoms with Crippen molar-refractivity contribution < 1.29 is 8.85 Å². The maximum Gasteiger partial charge on any atom is 0.331 e. The third-order valence-electron chi connectivity index (χ3n) is 1.36. The largest absolute Gasteiger partial charge is 0.393 e. The van der Waals surface area contributed by atoms with Gasteiger partial charge in [-0.2, -0.15) is 0 Å². The van der Waals surface area contributed by atoms with Crippen LogP contribution < -0.4 is 11.5 Å². The zero-order chi connectivity index (χ0) is 10.5. The van der Waals surface area contributed by atoms with Crippen molar-refractivity contribution in [3.8, 4) is 0 Å². The van der Waals surface area contributed by atoms with Gasteiger partial charge in [0.15, 0.2) is 0 Å². The number of rotatable bonds is 6. The molecule has 0 saturated carbocycles. The van der Waals surface area contributed by atoms with E-state index in [0.29, 0.717) is 19.8 Å². The molecule has 0 aromatic carbocycles. The highest BCUT2D eigenvalue weighted by molar-refractivity contribution is 6.64. The highest BCUT2D eigenvalue weighted by Gasteiger charge is 2.26. The SMILES string of the molecule is CC(C)(N)CO[Si](C)(C)OCCN. The highest BCUT2D eigenvalue weighted by atomic mass is 28.4. The molecule has 4 nitrogen and oxygen atoms in total. The molecule has 0 spiro atoms. The van der Waals surface area contributed by atoms with Crippen molar-refractivity contribution in [1.29, 1.82) is 0 Å². The molecule has 0 aliphatic heterocycles. The number of nitrogens with two attached hydrogens (primary N) is 2. The fourth-order valence-electron chi connectivity index (χ4n) is 0.706. The van der Waals surface area contributed by atoms with Crippen molar-refractivity contribution in [3.05, 3.63) is 0 Å². The van der Waals surface area contributed by atoms with E-state index in [0.717, 1.165) is 0 Å². The van der Waals surface area contributed by atoms with Gasteiger partial charge in [0, 0.05) is 18.7 Å². The Labute approximate surface area is 81.8 Å². The molecule has 80 valence electrons. The molecule has 0 radical (unpaired) electrons. The van der Waals surface area contributed by atoms with Crippen LogP contribution in [0.1, 0.15) is 13.8 Å². The lowest BCUT2D eigenvalue weighted by atomic mass is 10.1. The fraction of sp³-hybridized carbons (Fsp3) is 1.00. The van der Waals surface area contributed by atoms with Crippen LogP contribution in [0.4, 0.5) is 0 Å². The normalized spacial score (nSPS) is 13.4. The lowest BCUT2D eigenvalue weighted by Gasteiger charge is -2.27. The molecule has 0 amide bonds. The van der Waals surface area contributed by atoms with Crippen LogP contribution in [0.3, 0.4) is 0 Å². The maximum atomic E-state index is 5.79. The van der Waals surface area contributed by atoms with Gasteiger partial charge in [-0.15, -0.1) is 0 Å². The van der Waals surface area contributed by atoms with Crippen LogP contribution in [0.2, 0.25) is 13.1 Å². The molecule has 13 heavy (non-hydrogen) atoms. The molecular weight excluding hydrogens is 184 g/mol. The van der Waals surface area contributed by atoms with Gasteiger partial charge in [-0.1, -0.05) is 0 Å². The summed E-state index contributed by atoms with van der Waals surface area (Å²) in [5.41, 5.74) is 10.8. The predicted molar refractivity (Wildman–Crippen MR) is 56.7 cm³/mol. The summed E-state index contributed by atoms with van der Waals surface area (Å²) in [5, 5.41) is 0. The van der Waals surface area contributed by atoms with E-state index in [-0.39, 0.29) is 5.54 Å². The first-order valence-corrected chi connectivity index (χ1v) is 7.35. The van der Waals surface area contributed by atoms with Gasteiger partial charge in [-0.05, 0) is 26.9 Å². The van der Waals surface area contributed by atoms with Crippen LogP contribution in [0, 0.1) is 0 Å². The predicted octanol–water partition coefficient (Wildman–Crippen LogP) is 0.417. The molecule has 5 heteroatoms. The van der Waals surface area contributed by atoms with Crippen LogP contribution in [0.15, 0.2) is 0 Å². The summed E-state index contributed by atoms with van der Waals surface area (Å²) in [6.07, 6.45) is 0. The van der Waals surface area contributed by atoms with Crippen LogP contribution in [0.5, 0.6) is 0 Å². The molecule has 4 N–H and O–H groups in total. The molecule has 0 atom stereocenters. The second-order valence-electron chi connectivity index (χ2n) is 4.31. The molecule has 0 aliphatic carbocycles. The molecule has 0 unspecified atom stereocenters. The van der Waals surface area contributed by atoms with E-state index in [2.05, 4.69) is 0 Å². The van der Waals surface area contributed by atoms with Gasteiger partial charge in [0.25, 0.3) is 0 Å². The minimum absolute atomic E-state index is 0.295. The van der Waals surface area contributed by atoms with E-state index >= 15 is 0 Å². The van der Waals surface area contributed by atoms with Gasteiger partial charge in [0.1, 0.15) is 0 Å². The molecule has 0 aromatic rings. The average Bonchev–Trinajstić information content (AvgIpc) is 1.97. The zero-order valence-electron chi connectivity index (χ0n) is 9.09. The molecule has 0 fully saturated rings. The third kappa shape index (κ3) is 8.39. The summed E-state index contributed by atoms with van der Waals surface area (Å²) >= 11 is 0.